The molecule has 3 rings (SSSR count). The third-order valence-corrected chi connectivity index (χ3v) is 5.14. The van der Waals surface area contributed by atoms with E-state index < -0.39 is 0 Å². The summed E-state index contributed by atoms with van der Waals surface area (Å²) in [5.41, 5.74) is 0. The largest absolute Gasteiger partial charge is 0.316 e. The van der Waals surface area contributed by atoms with Gasteiger partial charge in [-0.15, -0.1) is 11.3 Å². The number of halogens is 2. The molecular weight excluding hydrogens is 301 g/mol. The highest BCUT2D eigenvalue weighted by atomic mass is 35.5. The van der Waals surface area contributed by atoms with Crippen molar-refractivity contribution in [2.75, 3.05) is 4.72 Å². The molecule has 5 heteroatoms. The molecule has 0 bridgehead atoms. The Morgan fingerprint density at radius 3 is 2.53 bits per heavy atom. The molecule has 0 atom stereocenters. The van der Waals surface area contributed by atoms with Crippen LogP contribution in [0, 0.1) is 5.82 Å². The summed E-state index contributed by atoms with van der Waals surface area (Å²) in [5.74, 6) is -0.232. The number of anilines is 1. The summed E-state index contributed by atoms with van der Waals surface area (Å²) in [6, 6.07) is 14.3. The first-order valence-electron chi connectivity index (χ1n) is 5.59. The van der Waals surface area contributed by atoms with Gasteiger partial charge in [0.2, 0.25) is 0 Å². The Hall–Kier alpha value is -1.23. The van der Waals surface area contributed by atoms with Gasteiger partial charge < -0.3 is 4.72 Å². The second-order valence-electron chi connectivity index (χ2n) is 3.90. The highest BCUT2D eigenvalue weighted by Crippen LogP contribution is 2.41. The van der Waals surface area contributed by atoms with Crippen molar-refractivity contribution < 1.29 is 4.39 Å². The van der Waals surface area contributed by atoms with E-state index >= 15 is 0 Å². The van der Waals surface area contributed by atoms with Gasteiger partial charge in [-0.25, -0.2) is 4.39 Å². The number of nitrogens with one attached hydrogen (secondary N) is 1. The molecule has 2 aromatic carbocycles. The maximum atomic E-state index is 12.8. The first kappa shape index (κ1) is 12.8. The summed E-state index contributed by atoms with van der Waals surface area (Å²) in [7, 11) is 0. The van der Waals surface area contributed by atoms with Crippen molar-refractivity contribution in [3.05, 3.63) is 59.4 Å². The highest BCUT2D eigenvalue weighted by Gasteiger charge is 2.09. The van der Waals surface area contributed by atoms with Crippen LogP contribution < -0.4 is 4.72 Å². The van der Waals surface area contributed by atoms with Crippen molar-refractivity contribution in [2.24, 2.45) is 0 Å². The van der Waals surface area contributed by atoms with E-state index in [0.717, 1.165) is 25.0 Å². The maximum Gasteiger partial charge on any atom is 0.123 e. The monoisotopic (exact) mass is 309 g/mol. The van der Waals surface area contributed by atoms with E-state index in [4.69, 9.17) is 11.6 Å². The molecule has 0 spiro atoms. The molecule has 0 fully saturated rings. The molecule has 96 valence electrons. The minimum atomic E-state index is -0.232. The Morgan fingerprint density at radius 2 is 1.79 bits per heavy atom. The minimum absolute atomic E-state index is 0.232. The first-order chi connectivity index (χ1) is 9.24. The summed E-state index contributed by atoms with van der Waals surface area (Å²) >= 11 is 9.35. The van der Waals surface area contributed by atoms with Crippen LogP contribution in [0.1, 0.15) is 0 Å². The van der Waals surface area contributed by atoms with Gasteiger partial charge in [0.1, 0.15) is 10.8 Å². The lowest BCUT2D eigenvalue weighted by molar-refractivity contribution is 0.626. The van der Waals surface area contributed by atoms with Gasteiger partial charge in [0.25, 0.3) is 0 Å². The fourth-order valence-electron chi connectivity index (χ4n) is 1.69. The predicted octanol–water partition coefficient (Wildman–Crippen LogP) is 5.81. The first-order valence-corrected chi connectivity index (χ1v) is 7.60. The van der Waals surface area contributed by atoms with Crippen LogP contribution >= 0.6 is 34.9 Å². The normalized spacial score (nSPS) is 10.8. The fraction of sp³-hybridized carbons (Fsp3) is 0. The van der Waals surface area contributed by atoms with Gasteiger partial charge >= 0.3 is 0 Å². The van der Waals surface area contributed by atoms with Gasteiger partial charge in [0.15, 0.2) is 0 Å². The third-order valence-electron chi connectivity index (χ3n) is 2.61. The molecule has 1 aromatic heterocycles. The van der Waals surface area contributed by atoms with Gasteiger partial charge in [-0.05, 0) is 42.3 Å². The molecule has 0 amide bonds. The molecule has 1 nitrogen and oxygen atoms in total. The average molecular weight is 310 g/mol. The van der Waals surface area contributed by atoms with Crippen LogP contribution in [0.25, 0.3) is 10.1 Å². The number of benzene rings is 2. The van der Waals surface area contributed by atoms with Crippen molar-refractivity contribution >= 4 is 50.0 Å². The smallest absolute Gasteiger partial charge is 0.123 e. The summed E-state index contributed by atoms with van der Waals surface area (Å²) in [4.78, 5) is 0.940. The van der Waals surface area contributed by atoms with E-state index in [1.807, 2.05) is 24.3 Å². The Kier molecular flexibility index (Phi) is 3.64. The van der Waals surface area contributed by atoms with E-state index in [-0.39, 0.29) is 5.82 Å². The third kappa shape index (κ3) is 2.71. The van der Waals surface area contributed by atoms with Crippen LogP contribution in [0.2, 0.25) is 5.02 Å². The highest BCUT2D eigenvalue weighted by molar-refractivity contribution is 8.00. The van der Waals surface area contributed by atoms with E-state index in [1.54, 1.807) is 23.5 Å². The second-order valence-corrected chi connectivity index (χ2v) is 6.21. The molecule has 0 aliphatic rings. The lowest BCUT2D eigenvalue weighted by Crippen LogP contribution is -1.84. The number of fused-ring (bicyclic) bond motifs is 1. The lowest BCUT2D eigenvalue weighted by Gasteiger charge is -2.03. The molecule has 1 N–H and O–H groups in total. The molecule has 3 aromatic rings. The molecule has 0 aliphatic carbocycles. The molecule has 0 saturated carbocycles. The van der Waals surface area contributed by atoms with Crippen LogP contribution in [0.15, 0.2) is 53.4 Å². The van der Waals surface area contributed by atoms with Crippen molar-refractivity contribution in [3.8, 4) is 0 Å². The lowest BCUT2D eigenvalue weighted by atomic mass is 10.3. The number of hydrogen-bond acceptors (Lipinski definition) is 3. The molecule has 0 radical (unpaired) electrons. The standard InChI is InChI=1S/C14H9ClFNS2/c15-13-11-3-1-2-4-12(11)18-14(13)17-19-10-7-5-9(16)6-8-10/h1-8,17H. The fourth-order valence-corrected chi connectivity index (χ4v) is 3.85. The van der Waals surface area contributed by atoms with Gasteiger partial charge in [-0.3, -0.25) is 0 Å². The molecule has 0 saturated heterocycles. The van der Waals surface area contributed by atoms with E-state index in [1.165, 1.54) is 24.1 Å². The Bertz CT molecular complexity index is 709. The zero-order valence-electron chi connectivity index (χ0n) is 9.69. The summed E-state index contributed by atoms with van der Waals surface area (Å²) in [6.07, 6.45) is 0. The molecular formula is C14H9ClFNS2. The van der Waals surface area contributed by atoms with Gasteiger partial charge in [0, 0.05) is 15.0 Å². The van der Waals surface area contributed by atoms with Crippen LogP contribution in [-0.4, -0.2) is 0 Å². The number of rotatable bonds is 3. The van der Waals surface area contributed by atoms with E-state index in [9.17, 15) is 4.39 Å². The van der Waals surface area contributed by atoms with Crippen molar-refractivity contribution in [2.45, 2.75) is 4.90 Å². The van der Waals surface area contributed by atoms with Crippen molar-refractivity contribution in [1.29, 1.82) is 0 Å². The SMILES string of the molecule is Fc1ccc(SNc2sc3ccccc3c2Cl)cc1. The second kappa shape index (κ2) is 5.41. The minimum Gasteiger partial charge on any atom is -0.316 e. The van der Waals surface area contributed by atoms with Crippen LogP contribution in [0.5, 0.6) is 0 Å². The zero-order valence-corrected chi connectivity index (χ0v) is 12.1. The Balaban J connectivity index is 1.82. The topological polar surface area (TPSA) is 12.0 Å². The number of hydrogen-bond donors (Lipinski definition) is 1. The van der Waals surface area contributed by atoms with Gasteiger partial charge in [-0.1, -0.05) is 29.8 Å². The Labute approximate surface area is 123 Å². The summed E-state index contributed by atoms with van der Waals surface area (Å²) in [5, 5.41) is 2.70. The maximum absolute atomic E-state index is 12.8. The van der Waals surface area contributed by atoms with Crippen LogP contribution in [0.3, 0.4) is 0 Å². The van der Waals surface area contributed by atoms with E-state index in [2.05, 4.69) is 4.72 Å². The van der Waals surface area contributed by atoms with E-state index in [0.29, 0.717) is 0 Å². The van der Waals surface area contributed by atoms with Gasteiger partial charge in [-0.2, -0.15) is 0 Å². The van der Waals surface area contributed by atoms with Crippen molar-refractivity contribution in [1.82, 2.24) is 0 Å². The van der Waals surface area contributed by atoms with Crippen LogP contribution in [0.4, 0.5) is 9.39 Å². The zero-order chi connectivity index (χ0) is 13.2. The quantitative estimate of drug-likeness (QED) is 0.612. The van der Waals surface area contributed by atoms with Crippen molar-refractivity contribution in [3.63, 3.8) is 0 Å². The molecule has 0 unspecified atom stereocenters. The molecule has 1 heterocycles. The summed E-state index contributed by atoms with van der Waals surface area (Å²) in [6.45, 7) is 0. The summed E-state index contributed by atoms with van der Waals surface area (Å²) < 4.78 is 17.2. The molecule has 19 heavy (non-hydrogen) atoms. The number of thiophene rings is 1. The average Bonchev–Trinajstić information content (AvgIpc) is 2.76. The molecule has 0 aliphatic heterocycles. The van der Waals surface area contributed by atoms with Crippen LogP contribution in [-0.2, 0) is 0 Å². The Morgan fingerprint density at radius 1 is 1.05 bits per heavy atom. The predicted molar refractivity (Wildman–Crippen MR) is 82.7 cm³/mol. The van der Waals surface area contributed by atoms with Gasteiger partial charge in [0.05, 0.1) is 5.02 Å².